The van der Waals surface area contributed by atoms with Crippen LogP contribution in [0.2, 0.25) is 5.02 Å². The molecule has 1 saturated heterocycles. The fourth-order valence-electron chi connectivity index (χ4n) is 3.13. The van der Waals surface area contributed by atoms with Crippen molar-refractivity contribution >= 4 is 51.4 Å². The second-order valence-corrected chi connectivity index (χ2v) is 10.0. The Bertz CT molecular complexity index is 739. The van der Waals surface area contributed by atoms with E-state index in [9.17, 15) is 8.42 Å². The number of hydrogen-bond acceptors (Lipinski definition) is 5. The van der Waals surface area contributed by atoms with Crippen molar-refractivity contribution in [2.45, 2.75) is 32.4 Å². The number of nitrogens with one attached hydrogen (secondary N) is 2. The Morgan fingerprint density at radius 1 is 1.23 bits per heavy atom. The van der Waals surface area contributed by atoms with Crippen molar-refractivity contribution in [3.8, 4) is 0 Å². The Morgan fingerprint density at radius 3 is 2.50 bits per heavy atom. The molecule has 30 heavy (non-hydrogen) atoms. The SMILES string of the molecule is CCNC(=NCCOCCS(C)(=O)=O)NC1CCN(Cc2ccc(Cl)cc2)CC1.I. The number of halogens is 2. The van der Waals surface area contributed by atoms with E-state index in [1.54, 1.807) is 0 Å². The van der Waals surface area contributed by atoms with Gasteiger partial charge in [-0.3, -0.25) is 9.89 Å². The molecule has 1 fully saturated rings. The van der Waals surface area contributed by atoms with E-state index in [0.717, 1.165) is 50.0 Å². The smallest absolute Gasteiger partial charge is 0.191 e. The minimum absolute atomic E-state index is 0. The molecule has 1 heterocycles. The maximum absolute atomic E-state index is 11.1. The number of nitrogens with zero attached hydrogens (tertiary/aromatic N) is 2. The third kappa shape index (κ3) is 11.7. The van der Waals surface area contributed by atoms with E-state index in [0.29, 0.717) is 19.2 Å². The summed E-state index contributed by atoms with van der Waals surface area (Å²) >= 11 is 5.96. The molecule has 0 radical (unpaired) electrons. The second kappa shape index (κ2) is 14.4. The number of hydrogen-bond donors (Lipinski definition) is 2. The minimum Gasteiger partial charge on any atom is -0.378 e. The molecule has 0 unspecified atom stereocenters. The average molecular weight is 573 g/mol. The second-order valence-electron chi connectivity index (χ2n) is 7.32. The molecule has 2 N–H and O–H groups in total. The molecule has 2 rings (SSSR count). The van der Waals surface area contributed by atoms with Crippen LogP contribution < -0.4 is 10.6 Å². The van der Waals surface area contributed by atoms with Crippen LogP contribution in [0, 0.1) is 0 Å². The van der Waals surface area contributed by atoms with Gasteiger partial charge in [0.1, 0.15) is 9.84 Å². The molecule has 0 amide bonds. The summed E-state index contributed by atoms with van der Waals surface area (Å²) in [6.45, 7) is 6.96. The molecule has 1 aliphatic heterocycles. The van der Waals surface area contributed by atoms with Gasteiger partial charge in [0.05, 0.1) is 25.5 Å². The van der Waals surface area contributed by atoms with Crippen LogP contribution in [0.25, 0.3) is 0 Å². The summed E-state index contributed by atoms with van der Waals surface area (Å²) in [4.78, 5) is 6.99. The number of sulfone groups is 1. The van der Waals surface area contributed by atoms with Crippen molar-refractivity contribution < 1.29 is 13.2 Å². The molecule has 1 aromatic carbocycles. The van der Waals surface area contributed by atoms with Crippen LogP contribution in [0.1, 0.15) is 25.3 Å². The van der Waals surface area contributed by atoms with Crippen molar-refractivity contribution in [1.29, 1.82) is 0 Å². The van der Waals surface area contributed by atoms with E-state index in [-0.39, 0.29) is 36.3 Å². The molecule has 0 spiro atoms. The third-order valence-corrected chi connectivity index (χ3v) is 5.86. The van der Waals surface area contributed by atoms with Crippen molar-refractivity contribution in [2.75, 3.05) is 51.4 Å². The number of aliphatic imine (C=N–C) groups is 1. The summed E-state index contributed by atoms with van der Waals surface area (Å²) < 4.78 is 27.5. The molecule has 1 aliphatic rings. The lowest BCUT2D eigenvalue weighted by molar-refractivity contribution is 0.157. The topological polar surface area (TPSA) is 83.0 Å². The first-order chi connectivity index (χ1) is 13.9. The van der Waals surface area contributed by atoms with Gasteiger partial charge >= 0.3 is 0 Å². The van der Waals surface area contributed by atoms with E-state index in [1.807, 2.05) is 19.1 Å². The summed E-state index contributed by atoms with van der Waals surface area (Å²) in [5, 5.41) is 7.54. The Hall–Kier alpha value is -0.620. The van der Waals surface area contributed by atoms with Crippen LogP contribution in [0.4, 0.5) is 0 Å². The largest absolute Gasteiger partial charge is 0.378 e. The molecule has 172 valence electrons. The first kappa shape index (κ1) is 27.4. The highest BCUT2D eigenvalue weighted by Gasteiger charge is 2.20. The van der Waals surface area contributed by atoms with Gasteiger partial charge in [0, 0.05) is 43.5 Å². The number of rotatable bonds is 10. The van der Waals surface area contributed by atoms with Crippen molar-refractivity contribution in [3.63, 3.8) is 0 Å². The predicted molar refractivity (Wildman–Crippen MR) is 135 cm³/mol. The van der Waals surface area contributed by atoms with Gasteiger partial charge in [0.15, 0.2) is 5.96 Å². The number of ether oxygens (including phenoxy) is 1. The van der Waals surface area contributed by atoms with E-state index in [1.165, 1.54) is 11.8 Å². The van der Waals surface area contributed by atoms with Crippen molar-refractivity contribution in [2.24, 2.45) is 4.99 Å². The van der Waals surface area contributed by atoms with Gasteiger partial charge in [-0.05, 0) is 37.5 Å². The van der Waals surface area contributed by atoms with E-state index in [2.05, 4.69) is 32.7 Å². The molecule has 7 nitrogen and oxygen atoms in total. The molecular weight excluding hydrogens is 539 g/mol. The number of benzene rings is 1. The lowest BCUT2D eigenvalue weighted by atomic mass is 10.0. The van der Waals surface area contributed by atoms with Gasteiger partial charge < -0.3 is 15.4 Å². The molecule has 0 atom stereocenters. The Morgan fingerprint density at radius 2 is 1.90 bits per heavy atom. The van der Waals surface area contributed by atoms with Crippen LogP contribution in [0.3, 0.4) is 0 Å². The molecule has 1 aromatic rings. The zero-order valence-corrected chi connectivity index (χ0v) is 21.7. The third-order valence-electron chi connectivity index (χ3n) is 4.70. The first-order valence-electron chi connectivity index (χ1n) is 10.1. The lowest BCUT2D eigenvalue weighted by Gasteiger charge is -2.33. The highest BCUT2D eigenvalue weighted by atomic mass is 127. The van der Waals surface area contributed by atoms with Gasteiger partial charge in [-0.2, -0.15) is 0 Å². The summed E-state index contributed by atoms with van der Waals surface area (Å²) in [7, 11) is -2.98. The van der Waals surface area contributed by atoms with Gasteiger partial charge in [-0.15, -0.1) is 24.0 Å². The summed E-state index contributed by atoms with van der Waals surface area (Å²) in [5.74, 6) is 0.833. The Labute approximate surface area is 202 Å². The van der Waals surface area contributed by atoms with E-state index < -0.39 is 9.84 Å². The maximum Gasteiger partial charge on any atom is 0.191 e. The zero-order valence-electron chi connectivity index (χ0n) is 17.8. The Balaban J connectivity index is 0.00000450. The fourth-order valence-corrected chi connectivity index (χ4v) is 3.68. The van der Waals surface area contributed by atoms with Gasteiger partial charge in [0.25, 0.3) is 0 Å². The normalized spacial score (nSPS) is 16.2. The average Bonchev–Trinajstić information content (AvgIpc) is 2.67. The molecule has 10 heteroatoms. The molecule has 0 aliphatic carbocycles. The van der Waals surface area contributed by atoms with E-state index >= 15 is 0 Å². The van der Waals surface area contributed by atoms with Crippen molar-refractivity contribution in [3.05, 3.63) is 34.9 Å². The predicted octanol–water partition coefficient (Wildman–Crippen LogP) is 2.54. The summed E-state index contributed by atoms with van der Waals surface area (Å²) in [6, 6.07) is 8.44. The Kier molecular flexibility index (Phi) is 13.2. The van der Waals surface area contributed by atoms with Crippen molar-refractivity contribution in [1.82, 2.24) is 15.5 Å². The number of piperidine rings is 1. The standard InChI is InChI=1S/C20H33ClN4O3S.HI/c1-3-22-20(23-10-13-28-14-15-29(2,26)27)24-19-8-11-25(12-9-19)16-17-4-6-18(21)7-5-17;/h4-7,19H,3,8-16H2,1-2H3,(H2,22,23,24);1H. The number of guanidine groups is 1. The van der Waals surface area contributed by atoms with Crippen LogP contribution in [0.15, 0.2) is 29.3 Å². The highest BCUT2D eigenvalue weighted by molar-refractivity contribution is 14.0. The molecule has 0 bridgehead atoms. The quantitative estimate of drug-likeness (QED) is 0.194. The molecular formula is C20H34ClIN4O3S. The monoisotopic (exact) mass is 572 g/mol. The van der Waals surface area contributed by atoms with Gasteiger partial charge in [0.2, 0.25) is 0 Å². The van der Waals surface area contributed by atoms with Gasteiger partial charge in [-0.25, -0.2) is 8.42 Å². The summed E-state index contributed by atoms with van der Waals surface area (Å²) in [5.41, 5.74) is 1.28. The molecule has 0 saturated carbocycles. The van der Waals surface area contributed by atoms with Gasteiger partial charge in [-0.1, -0.05) is 23.7 Å². The van der Waals surface area contributed by atoms with Crippen LogP contribution in [0.5, 0.6) is 0 Å². The first-order valence-corrected chi connectivity index (χ1v) is 12.6. The summed E-state index contributed by atoms with van der Waals surface area (Å²) in [6.07, 6.45) is 3.33. The van der Waals surface area contributed by atoms with Crippen LogP contribution in [-0.4, -0.2) is 76.7 Å². The zero-order chi connectivity index (χ0) is 21.1. The molecule has 0 aromatic heterocycles. The van der Waals surface area contributed by atoms with Crippen LogP contribution in [-0.2, 0) is 21.1 Å². The van der Waals surface area contributed by atoms with Crippen LogP contribution >= 0.6 is 35.6 Å². The lowest BCUT2D eigenvalue weighted by Crippen LogP contribution is -2.48. The van der Waals surface area contributed by atoms with E-state index in [4.69, 9.17) is 16.3 Å². The minimum atomic E-state index is -2.98. The highest BCUT2D eigenvalue weighted by Crippen LogP contribution is 2.15. The number of likely N-dealkylation sites (tertiary alicyclic amines) is 1. The maximum atomic E-state index is 11.1. The fraction of sp³-hybridized carbons (Fsp3) is 0.650.